The highest BCUT2D eigenvalue weighted by molar-refractivity contribution is 6.17. The molecule has 1 heterocycles. The number of allylic oxidation sites excluding steroid dienone is 4. The number of urea groups is 1. The highest BCUT2D eigenvalue weighted by atomic mass is 19.4. The Morgan fingerprint density at radius 2 is 1.84 bits per heavy atom. The number of aryl methyl sites for hydroxylation is 1. The van der Waals surface area contributed by atoms with E-state index in [-0.39, 0.29) is 6.04 Å². The number of carbonyl (C=O) groups excluding carboxylic acids is 1. The molecule has 0 aromatic heterocycles. The lowest BCUT2D eigenvalue weighted by Gasteiger charge is -2.16. The van der Waals surface area contributed by atoms with Gasteiger partial charge in [-0.2, -0.15) is 13.2 Å². The van der Waals surface area contributed by atoms with E-state index in [0.717, 1.165) is 39.4 Å². The number of halogens is 3. The minimum absolute atomic E-state index is 0.270. The van der Waals surface area contributed by atoms with Crippen LogP contribution in [0.2, 0.25) is 0 Å². The second kappa shape index (κ2) is 14.0. The van der Waals surface area contributed by atoms with Crippen molar-refractivity contribution < 1.29 is 18.0 Å². The number of amides is 2. The lowest BCUT2D eigenvalue weighted by Crippen LogP contribution is -2.36. The van der Waals surface area contributed by atoms with Gasteiger partial charge in [0.1, 0.15) is 6.54 Å². The highest BCUT2D eigenvalue weighted by Crippen LogP contribution is 2.30. The van der Waals surface area contributed by atoms with Crippen molar-refractivity contribution in [2.45, 2.75) is 46.3 Å². The van der Waals surface area contributed by atoms with Gasteiger partial charge in [0, 0.05) is 34.6 Å². The molecule has 3 rings (SSSR count). The number of fused-ring (bicyclic) bond motifs is 1. The second-order valence-electron chi connectivity index (χ2n) is 8.37. The van der Waals surface area contributed by atoms with E-state index < -0.39 is 18.8 Å². The van der Waals surface area contributed by atoms with Gasteiger partial charge in [-0.25, -0.2) is 4.79 Å². The van der Waals surface area contributed by atoms with E-state index in [1.54, 1.807) is 35.7 Å². The second-order valence-corrected chi connectivity index (χ2v) is 8.37. The van der Waals surface area contributed by atoms with Crippen LogP contribution >= 0.6 is 0 Å². The Bertz CT molecular complexity index is 1230. The van der Waals surface area contributed by atoms with Crippen LogP contribution in [-0.2, 0) is 0 Å². The van der Waals surface area contributed by atoms with Crippen LogP contribution in [0.1, 0.15) is 43.9 Å². The van der Waals surface area contributed by atoms with Gasteiger partial charge in [0.25, 0.3) is 0 Å². The van der Waals surface area contributed by atoms with Gasteiger partial charge in [0.05, 0.1) is 11.8 Å². The van der Waals surface area contributed by atoms with E-state index in [0.29, 0.717) is 12.1 Å². The summed E-state index contributed by atoms with van der Waals surface area (Å²) in [5, 5.41) is 7.61. The molecule has 0 radical (unpaired) electrons. The van der Waals surface area contributed by atoms with E-state index >= 15 is 0 Å². The zero-order valence-electron chi connectivity index (χ0n) is 22.2. The Hall–Kier alpha value is -4.07. The van der Waals surface area contributed by atoms with Crippen LogP contribution in [0, 0.1) is 6.92 Å². The Kier molecular flexibility index (Phi) is 11.1. The number of hydrogen-bond acceptors (Lipinski definition) is 3. The smallest absolute Gasteiger partial charge is 0.357 e. The lowest BCUT2D eigenvalue weighted by molar-refractivity contribution is -0.122. The van der Waals surface area contributed by atoms with Gasteiger partial charge < -0.3 is 16.0 Å². The fourth-order valence-electron chi connectivity index (χ4n) is 3.65. The van der Waals surface area contributed by atoms with Crippen LogP contribution in [0.4, 0.5) is 29.3 Å². The van der Waals surface area contributed by atoms with Crippen LogP contribution in [0.15, 0.2) is 96.2 Å². The minimum atomic E-state index is -4.48. The quantitative estimate of drug-likeness (QED) is 0.322. The van der Waals surface area contributed by atoms with E-state index in [2.05, 4.69) is 23.8 Å². The largest absolute Gasteiger partial charge is 0.405 e. The molecule has 1 aliphatic rings. The summed E-state index contributed by atoms with van der Waals surface area (Å²) >= 11 is 0. The highest BCUT2D eigenvalue weighted by Gasteiger charge is 2.28. The van der Waals surface area contributed by atoms with Crippen molar-refractivity contribution in [1.82, 2.24) is 5.32 Å². The molecule has 0 aliphatic carbocycles. The van der Waals surface area contributed by atoms with Gasteiger partial charge >= 0.3 is 12.2 Å². The van der Waals surface area contributed by atoms with Gasteiger partial charge in [0.15, 0.2) is 0 Å². The zero-order chi connectivity index (χ0) is 28.3. The number of aliphatic imine (C=N–C) groups is 1. The minimum Gasteiger partial charge on any atom is -0.357 e. The van der Waals surface area contributed by atoms with Crippen molar-refractivity contribution in [3.8, 4) is 0 Å². The fourth-order valence-corrected chi connectivity index (χ4v) is 3.65. The molecular formula is C30H35F3N4O. The van der Waals surface area contributed by atoms with Gasteiger partial charge in [0.2, 0.25) is 0 Å². The normalized spacial score (nSPS) is 15.3. The Morgan fingerprint density at radius 1 is 1.16 bits per heavy atom. The van der Waals surface area contributed by atoms with Crippen molar-refractivity contribution in [2.75, 3.05) is 17.2 Å². The maximum Gasteiger partial charge on any atom is 0.405 e. The SMILES string of the molecule is C=C/C(=C\C=C/C)CC1N=C(c2ccc(NC(=O)NCC(F)(F)F)cc2)c2cc(C)ccc2NC1=C.CC. The topological polar surface area (TPSA) is 65.5 Å². The third-order valence-corrected chi connectivity index (χ3v) is 5.47. The van der Waals surface area contributed by atoms with Gasteiger partial charge in [-0.15, -0.1) is 0 Å². The van der Waals surface area contributed by atoms with Crippen molar-refractivity contribution >= 4 is 23.1 Å². The standard InChI is InChI=1S/C28H29F3N4O.C2H6/c1-5-7-8-20(6-2)16-25-19(4)33-24-14-9-18(3)15-23(24)26(35-25)21-10-12-22(13-11-21)34-27(36)32-17-28(29,30)31;1-2/h5-15,25,33H,2,4,16-17H2,1,3H3,(H2,32,34,36);1-2H3/b7-5-,20-8+;. The number of benzodiazepines with no additional fused rings is 1. The first-order valence-corrected chi connectivity index (χ1v) is 12.4. The molecule has 8 heteroatoms. The van der Waals surface area contributed by atoms with Crippen molar-refractivity contribution in [3.63, 3.8) is 0 Å². The molecule has 2 amide bonds. The summed E-state index contributed by atoms with van der Waals surface area (Å²) in [5.41, 5.74) is 6.50. The summed E-state index contributed by atoms with van der Waals surface area (Å²) in [4.78, 5) is 16.9. The summed E-state index contributed by atoms with van der Waals surface area (Å²) in [6.07, 6.45) is 3.79. The maximum atomic E-state index is 12.3. The van der Waals surface area contributed by atoms with Crippen LogP contribution in [-0.4, -0.2) is 30.5 Å². The number of rotatable bonds is 7. The van der Waals surface area contributed by atoms with E-state index in [1.807, 2.05) is 64.1 Å². The molecule has 202 valence electrons. The Labute approximate surface area is 223 Å². The van der Waals surface area contributed by atoms with Gasteiger partial charge in [-0.3, -0.25) is 4.99 Å². The molecule has 38 heavy (non-hydrogen) atoms. The molecule has 0 saturated heterocycles. The summed E-state index contributed by atoms with van der Waals surface area (Å²) in [6.45, 7) is 14.7. The zero-order valence-corrected chi connectivity index (χ0v) is 22.2. The molecule has 1 atom stereocenters. The number of hydrogen-bond donors (Lipinski definition) is 3. The maximum absolute atomic E-state index is 12.3. The van der Waals surface area contributed by atoms with E-state index in [1.165, 1.54) is 0 Å². The fraction of sp³-hybridized carbons (Fsp3) is 0.267. The molecule has 5 nitrogen and oxygen atoms in total. The lowest BCUT2D eigenvalue weighted by atomic mass is 9.98. The number of carbonyl (C=O) groups is 1. The molecule has 1 aliphatic heterocycles. The first-order valence-electron chi connectivity index (χ1n) is 12.4. The van der Waals surface area contributed by atoms with E-state index in [9.17, 15) is 18.0 Å². The first kappa shape index (κ1) is 30.2. The molecular weight excluding hydrogens is 489 g/mol. The van der Waals surface area contributed by atoms with Gasteiger partial charge in [-0.1, -0.05) is 75.1 Å². The Balaban J connectivity index is 0.00000247. The summed E-state index contributed by atoms with van der Waals surface area (Å²) < 4.78 is 37.0. The van der Waals surface area contributed by atoms with Crippen LogP contribution in [0.3, 0.4) is 0 Å². The van der Waals surface area contributed by atoms with Gasteiger partial charge in [-0.05, 0) is 43.7 Å². The molecule has 0 spiro atoms. The number of benzene rings is 2. The van der Waals surface area contributed by atoms with Crippen molar-refractivity contribution in [3.05, 3.63) is 108 Å². The molecule has 1 unspecified atom stereocenters. The van der Waals surface area contributed by atoms with Crippen LogP contribution < -0.4 is 16.0 Å². The molecule has 0 bridgehead atoms. The molecule has 0 fully saturated rings. The third-order valence-electron chi connectivity index (χ3n) is 5.47. The summed E-state index contributed by atoms with van der Waals surface area (Å²) in [7, 11) is 0. The molecule has 0 saturated carbocycles. The average molecular weight is 525 g/mol. The number of nitrogens with zero attached hydrogens (tertiary/aromatic N) is 1. The van der Waals surface area contributed by atoms with Crippen LogP contribution in [0.5, 0.6) is 0 Å². The number of alkyl halides is 3. The molecule has 3 N–H and O–H groups in total. The third kappa shape index (κ3) is 8.80. The van der Waals surface area contributed by atoms with Crippen molar-refractivity contribution in [1.29, 1.82) is 0 Å². The predicted octanol–water partition coefficient (Wildman–Crippen LogP) is 7.93. The number of nitrogens with one attached hydrogen (secondary N) is 3. The summed E-state index contributed by atoms with van der Waals surface area (Å²) in [6, 6.07) is 11.6. The predicted molar refractivity (Wildman–Crippen MR) is 152 cm³/mol. The monoisotopic (exact) mass is 524 g/mol. The number of anilines is 2. The molecule has 2 aromatic carbocycles. The summed E-state index contributed by atoms with van der Waals surface area (Å²) in [5.74, 6) is 0. The van der Waals surface area contributed by atoms with Crippen LogP contribution in [0.25, 0.3) is 0 Å². The van der Waals surface area contributed by atoms with Crippen molar-refractivity contribution in [2.24, 2.45) is 4.99 Å². The Morgan fingerprint density at radius 3 is 2.45 bits per heavy atom. The average Bonchev–Trinajstić information content (AvgIpc) is 3.02. The molecule has 2 aromatic rings. The van der Waals surface area contributed by atoms with E-state index in [4.69, 9.17) is 4.99 Å². The first-order chi connectivity index (χ1) is 18.1.